The van der Waals surface area contributed by atoms with Crippen molar-refractivity contribution >= 4 is 10.0 Å². The Morgan fingerprint density at radius 2 is 2.06 bits per heavy atom. The Morgan fingerprint density at radius 3 is 2.56 bits per heavy atom. The van der Waals surface area contributed by atoms with E-state index in [2.05, 4.69) is 18.6 Å². The number of nitrogens with one attached hydrogen (secondary N) is 1. The molecule has 1 fully saturated rings. The Labute approximate surface area is 99.0 Å². The molecule has 0 bridgehead atoms. The van der Waals surface area contributed by atoms with E-state index in [4.69, 9.17) is 5.73 Å². The zero-order chi connectivity index (χ0) is 12.2. The maximum absolute atomic E-state index is 11.8. The molecule has 0 saturated heterocycles. The van der Waals surface area contributed by atoms with Gasteiger partial charge >= 0.3 is 0 Å². The molecular formula is C11H24N2O2S. The molecule has 3 N–H and O–H groups in total. The van der Waals surface area contributed by atoms with Gasteiger partial charge in [0.25, 0.3) is 0 Å². The van der Waals surface area contributed by atoms with E-state index < -0.39 is 10.0 Å². The van der Waals surface area contributed by atoms with Crippen LogP contribution in [0.2, 0.25) is 0 Å². The lowest BCUT2D eigenvalue weighted by Crippen LogP contribution is -2.42. The fraction of sp³-hybridized carbons (Fsp3) is 1.00. The lowest BCUT2D eigenvalue weighted by atomic mass is 9.88. The summed E-state index contributed by atoms with van der Waals surface area (Å²) >= 11 is 0. The predicted octanol–water partition coefficient (Wildman–Crippen LogP) is 1.22. The van der Waals surface area contributed by atoms with Crippen molar-refractivity contribution in [2.75, 3.05) is 12.3 Å². The molecule has 0 amide bonds. The maximum Gasteiger partial charge on any atom is 0.211 e. The van der Waals surface area contributed by atoms with E-state index in [0.717, 1.165) is 25.7 Å². The molecular weight excluding hydrogens is 224 g/mol. The van der Waals surface area contributed by atoms with Gasteiger partial charge in [-0.25, -0.2) is 13.1 Å². The van der Waals surface area contributed by atoms with Gasteiger partial charge in [-0.15, -0.1) is 0 Å². The summed E-state index contributed by atoms with van der Waals surface area (Å²) < 4.78 is 26.4. The molecule has 0 aromatic carbocycles. The molecule has 0 aliphatic heterocycles. The molecule has 1 aliphatic rings. The van der Waals surface area contributed by atoms with Gasteiger partial charge < -0.3 is 5.73 Å². The standard InChI is InChI=1S/C11H24N2O2S/c1-11(2)7-5-6-10(11)13-16(14,15)9-4-3-8-12/h10,13H,3-9,12H2,1-2H3. The van der Waals surface area contributed by atoms with Gasteiger partial charge in [-0.2, -0.15) is 0 Å². The molecule has 5 heteroatoms. The average molecular weight is 248 g/mol. The molecule has 1 saturated carbocycles. The molecule has 1 aliphatic carbocycles. The zero-order valence-corrected chi connectivity index (χ0v) is 11.1. The highest BCUT2D eigenvalue weighted by atomic mass is 32.2. The lowest BCUT2D eigenvalue weighted by molar-refractivity contribution is 0.313. The second kappa shape index (κ2) is 5.47. The van der Waals surface area contributed by atoms with Crippen LogP contribution in [-0.2, 0) is 10.0 Å². The number of sulfonamides is 1. The summed E-state index contributed by atoms with van der Waals surface area (Å²) in [7, 11) is -3.11. The van der Waals surface area contributed by atoms with Crippen molar-refractivity contribution in [3.63, 3.8) is 0 Å². The van der Waals surface area contributed by atoms with Gasteiger partial charge in [0.1, 0.15) is 0 Å². The predicted molar refractivity (Wildman–Crippen MR) is 66.6 cm³/mol. The molecule has 16 heavy (non-hydrogen) atoms. The van der Waals surface area contributed by atoms with Crippen LogP contribution in [0.15, 0.2) is 0 Å². The monoisotopic (exact) mass is 248 g/mol. The Bertz CT molecular complexity index is 312. The second-order valence-electron chi connectivity index (χ2n) is 5.37. The van der Waals surface area contributed by atoms with Crippen molar-refractivity contribution in [1.29, 1.82) is 0 Å². The highest BCUT2D eigenvalue weighted by Gasteiger charge is 2.36. The van der Waals surface area contributed by atoms with Gasteiger partial charge in [-0.3, -0.25) is 0 Å². The van der Waals surface area contributed by atoms with E-state index in [1.165, 1.54) is 0 Å². The van der Waals surface area contributed by atoms with Crippen LogP contribution in [0, 0.1) is 5.41 Å². The molecule has 4 nitrogen and oxygen atoms in total. The minimum atomic E-state index is -3.11. The van der Waals surface area contributed by atoms with Gasteiger partial charge in [-0.05, 0) is 37.6 Å². The van der Waals surface area contributed by atoms with E-state index in [1.54, 1.807) is 0 Å². The first kappa shape index (κ1) is 13.9. The number of unbranched alkanes of at least 4 members (excludes halogenated alkanes) is 1. The Morgan fingerprint density at radius 1 is 1.38 bits per heavy atom. The number of nitrogens with two attached hydrogens (primary N) is 1. The Balaban J connectivity index is 2.46. The molecule has 0 radical (unpaired) electrons. The number of hydrogen-bond acceptors (Lipinski definition) is 3. The second-order valence-corrected chi connectivity index (χ2v) is 7.24. The normalized spacial score (nSPS) is 24.8. The number of rotatable bonds is 6. The maximum atomic E-state index is 11.8. The Kier molecular flexibility index (Phi) is 4.76. The van der Waals surface area contributed by atoms with Gasteiger partial charge in [0.15, 0.2) is 0 Å². The minimum Gasteiger partial charge on any atom is -0.330 e. The summed E-state index contributed by atoms with van der Waals surface area (Å²) in [6.07, 6.45) is 4.60. The lowest BCUT2D eigenvalue weighted by Gasteiger charge is -2.27. The molecule has 0 aromatic heterocycles. The first-order valence-corrected chi connectivity index (χ1v) is 7.73. The van der Waals surface area contributed by atoms with Gasteiger partial charge in [0.05, 0.1) is 5.75 Å². The molecule has 1 rings (SSSR count). The van der Waals surface area contributed by atoms with Crippen LogP contribution in [0.4, 0.5) is 0 Å². The molecule has 0 spiro atoms. The van der Waals surface area contributed by atoms with Crippen LogP contribution in [0.5, 0.6) is 0 Å². The minimum absolute atomic E-state index is 0.0982. The highest BCUT2D eigenvalue weighted by Crippen LogP contribution is 2.37. The van der Waals surface area contributed by atoms with E-state index in [1.807, 2.05) is 0 Å². The van der Waals surface area contributed by atoms with Crippen LogP contribution in [0.1, 0.15) is 46.0 Å². The molecule has 1 atom stereocenters. The first-order chi connectivity index (χ1) is 7.37. The molecule has 0 heterocycles. The van der Waals surface area contributed by atoms with E-state index in [9.17, 15) is 8.42 Å². The van der Waals surface area contributed by atoms with Crippen LogP contribution < -0.4 is 10.5 Å². The quantitative estimate of drug-likeness (QED) is 0.694. The van der Waals surface area contributed by atoms with Crippen molar-refractivity contribution in [3.05, 3.63) is 0 Å². The number of hydrogen-bond donors (Lipinski definition) is 2. The fourth-order valence-corrected chi connectivity index (χ4v) is 3.83. The zero-order valence-electron chi connectivity index (χ0n) is 10.3. The van der Waals surface area contributed by atoms with Gasteiger partial charge in [0, 0.05) is 6.04 Å². The van der Waals surface area contributed by atoms with E-state index >= 15 is 0 Å². The summed E-state index contributed by atoms with van der Waals surface area (Å²) in [6.45, 7) is 4.82. The largest absolute Gasteiger partial charge is 0.330 e. The Hall–Kier alpha value is -0.130. The summed E-state index contributed by atoms with van der Waals surface area (Å²) in [6, 6.07) is 0.107. The summed E-state index contributed by atoms with van der Waals surface area (Å²) in [5.41, 5.74) is 5.45. The fourth-order valence-electron chi connectivity index (χ4n) is 2.26. The van der Waals surface area contributed by atoms with Crippen LogP contribution in [-0.4, -0.2) is 26.8 Å². The first-order valence-electron chi connectivity index (χ1n) is 6.07. The molecule has 1 unspecified atom stereocenters. The third-order valence-electron chi connectivity index (χ3n) is 3.45. The van der Waals surface area contributed by atoms with E-state index in [0.29, 0.717) is 13.0 Å². The van der Waals surface area contributed by atoms with Crippen molar-refractivity contribution < 1.29 is 8.42 Å². The smallest absolute Gasteiger partial charge is 0.211 e. The SMILES string of the molecule is CC1(C)CCCC1NS(=O)(=O)CCCCN. The van der Waals surface area contributed by atoms with Crippen LogP contribution in [0.3, 0.4) is 0 Å². The van der Waals surface area contributed by atoms with Crippen LogP contribution >= 0.6 is 0 Å². The average Bonchev–Trinajstić information content (AvgIpc) is 2.45. The third-order valence-corrected chi connectivity index (χ3v) is 4.92. The van der Waals surface area contributed by atoms with Crippen LogP contribution in [0.25, 0.3) is 0 Å². The van der Waals surface area contributed by atoms with Gasteiger partial charge in [-0.1, -0.05) is 20.3 Å². The van der Waals surface area contributed by atoms with Crippen molar-refractivity contribution in [1.82, 2.24) is 4.72 Å². The van der Waals surface area contributed by atoms with Gasteiger partial charge in [0.2, 0.25) is 10.0 Å². The summed E-state index contributed by atoms with van der Waals surface area (Å²) in [4.78, 5) is 0. The van der Waals surface area contributed by atoms with Crippen molar-refractivity contribution in [3.8, 4) is 0 Å². The van der Waals surface area contributed by atoms with Crippen molar-refractivity contribution in [2.24, 2.45) is 11.1 Å². The third kappa shape index (κ3) is 4.03. The van der Waals surface area contributed by atoms with E-state index in [-0.39, 0.29) is 17.2 Å². The molecule has 96 valence electrons. The molecule has 0 aromatic rings. The highest BCUT2D eigenvalue weighted by molar-refractivity contribution is 7.89. The summed E-state index contributed by atoms with van der Waals surface area (Å²) in [5.74, 6) is 0.205. The van der Waals surface area contributed by atoms with Crippen molar-refractivity contribution in [2.45, 2.75) is 52.0 Å². The summed E-state index contributed by atoms with van der Waals surface area (Å²) in [5, 5.41) is 0. The topological polar surface area (TPSA) is 72.2 Å².